The highest BCUT2D eigenvalue weighted by atomic mass is 16.5. The lowest BCUT2D eigenvalue weighted by Gasteiger charge is -2.24. The molecule has 1 aliphatic heterocycles. The number of hydrogen-bond donors (Lipinski definition) is 1. The largest absolute Gasteiger partial charge is 0.507 e. The summed E-state index contributed by atoms with van der Waals surface area (Å²) in [5.74, 6) is -0.556. The fourth-order valence-electron chi connectivity index (χ4n) is 3.31. The predicted octanol–water partition coefficient (Wildman–Crippen LogP) is 3.18. The van der Waals surface area contributed by atoms with Crippen molar-refractivity contribution in [1.29, 1.82) is 0 Å². The summed E-state index contributed by atoms with van der Waals surface area (Å²) in [6, 6.07) is 9.59. The van der Waals surface area contributed by atoms with Crippen molar-refractivity contribution in [3.05, 3.63) is 65.5 Å². The molecule has 3 rings (SSSR count). The number of carbonyl (C=O) groups is 2. The summed E-state index contributed by atoms with van der Waals surface area (Å²) in [6.45, 7) is 5.19. The van der Waals surface area contributed by atoms with Crippen molar-refractivity contribution in [2.45, 2.75) is 19.9 Å². The van der Waals surface area contributed by atoms with E-state index in [0.29, 0.717) is 29.4 Å². The highest BCUT2D eigenvalue weighted by molar-refractivity contribution is 6.46. The number of amides is 1. The van der Waals surface area contributed by atoms with Crippen molar-refractivity contribution in [2.24, 2.45) is 5.92 Å². The van der Waals surface area contributed by atoms with Crippen molar-refractivity contribution in [3.8, 4) is 5.75 Å². The van der Waals surface area contributed by atoms with Gasteiger partial charge in [-0.1, -0.05) is 19.9 Å². The number of nitrogens with zero attached hydrogens (tertiary/aromatic N) is 2. The second-order valence-electron chi connectivity index (χ2n) is 7.50. The average molecular weight is 410 g/mol. The Bertz CT molecular complexity index is 922. The first-order valence-electron chi connectivity index (χ1n) is 9.84. The molecule has 0 unspecified atom stereocenters. The average Bonchev–Trinajstić information content (AvgIpc) is 3.01. The van der Waals surface area contributed by atoms with Crippen LogP contribution in [0.15, 0.2) is 54.4 Å². The Morgan fingerprint density at radius 3 is 2.53 bits per heavy atom. The van der Waals surface area contributed by atoms with Crippen molar-refractivity contribution in [1.82, 2.24) is 9.88 Å². The number of carbonyl (C=O) groups excluding carboxylic acids is 2. The second-order valence-corrected chi connectivity index (χ2v) is 7.50. The number of pyridine rings is 1. The molecule has 1 aliphatic rings. The van der Waals surface area contributed by atoms with E-state index in [0.717, 1.165) is 0 Å². The van der Waals surface area contributed by atoms with Gasteiger partial charge in [0.25, 0.3) is 11.7 Å². The lowest BCUT2D eigenvalue weighted by molar-refractivity contribution is -0.140. The number of ether oxygens (including phenoxy) is 2. The highest BCUT2D eigenvalue weighted by Crippen LogP contribution is 2.39. The summed E-state index contributed by atoms with van der Waals surface area (Å²) in [7, 11) is 1.53. The molecule has 0 aliphatic carbocycles. The number of ketones is 1. The smallest absolute Gasteiger partial charge is 0.295 e. The summed E-state index contributed by atoms with van der Waals surface area (Å²) in [5, 5.41) is 11.0. The SMILES string of the molecule is COCCN1C(=O)C(=O)/C(=C(/O)c2ccc(OCC(C)C)cc2)[C@H]1c1cccnc1. The van der Waals surface area contributed by atoms with Crippen LogP contribution in [0.1, 0.15) is 31.0 Å². The van der Waals surface area contributed by atoms with Crippen LogP contribution in [0.5, 0.6) is 5.75 Å². The maximum Gasteiger partial charge on any atom is 0.295 e. The van der Waals surface area contributed by atoms with E-state index in [-0.39, 0.29) is 24.5 Å². The van der Waals surface area contributed by atoms with E-state index < -0.39 is 17.7 Å². The number of hydrogen-bond acceptors (Lipinski definition) is 6. The molecular formula is C23H26N2O5. The van der Waals surface area contributed by atoms with Crippen LogP contribution in [0.4, 0.5) is 0 Å². The van der Waals surface area contributed by atoms with Crippen molar-refractivity contribution < 1.29 is 24.2 Å². The summed E-state index contributed by atoms with van der Waals surface area (Å²) in [6.07, 6.45) is 3.20. The van der Waals surface area contributed by atoms with Crippen LogP contribution < -0.4 is 4.74 Å². The Morgan fingerprint density at radius 1 is 1.20 bits per heavy atom. The van der Waals surface area contributed by atoms with Crippen LogP contribution in [0.3, 0.4) is 0 Å². The summed E-state index contributed by atoms with van der Waals surface area (Å²) in [5.41, 5.74) is 1.12. The standard InChI is InChI=1S/C23H26N2O5/c1-15(2)14-30-18-8-6-16(7-9-18)21(26)19-20(17-5-4-10-24-13-17)25(11-12-29-3)23(28)22(19)27/h4-10,13,15,20,26H,11-12,14H2,1-3H3/b21-19+/t20-/m1/s1. The molecule has 158 valence electrons. The van der Waals surface area contributed by atoms with Gasteiger partial charge < -0.3 is 19.5 Å². The number of aliphatic hydroxyl groups excluding tert-OH is 1. The zero-order valence-corrected chi connectivity index (χ0v) is 17.4. The fraction of sp³-hybridized carbons (Fsp3) is 0.348. The molecule has 1 fully saturated rings. The van der Waals surface area contributed by atoms with Crippen LogP contribution in [-0.2, 0) is 14.3 Å². The molecule has 0 bridgehead atoms. The zero-order chi connectivity index (χ0) is 21.7. The molecule has 1 atom stereocenters. The van der Waals surface area contributed by atoms with E-state index in [4.69, 9.17) is 9.47 Å². The maximum atomic E-state index is 12.8. The first-order valence-corrected chi connectivity index (χ1v) is 9.84. The number of benzene rings is 1. The molecule has 0 saturated carbocycles. The van der Waals surface area contributed by atoms with E-state index in [9.17, 15) is 14.7 Å². The number of likely N-dealkylation sites (tertiary alicyclic amines) is 1. The van der Waals surface area contributed by atoms with Gasteiger partial charge in [-0.25, -0.2) is 0 Å². The summed E-state index contributed by atoms with van der Waals surface area (Å²) in [4.78, 5) is 31.0. The van der Waals surface area contributed by atoms with Gasteiger partial charge in [-0.15, -0.1) is 0 Å². The molecule has 1 aromatic heterocycles. The van der Waals surface area contributed by atoms with Gasteiger partial charge in [0.15, 0.2) is 0 Å². The van der Waals surface area contributed by atoms with E-state index >= 15 is 0 Å². The van der Waals surface area contributed by atoms with Gasteiger partial charge in [-0.05, 0) is 41.8 Å². The lowest BCUT2D eigenvalue weighted by Crippen LogP contribution is -2.32. The molecule has 1 aromatic carbocycles. The maximum absolute atomic E-state index is 12.8. The van der Waals surface area contributed by atoms with Crippen LogP contribution in [0.2, 0.25) is 0 Å². The number of aromatic nitrogens is 1. The van der Waals surface area contributed by atoms with Crippen LogP contribution in [0.25, 0.3) is 5.76 Å². The number of Topliss-reactive ketones (excluding diaryl/α,β-unsaturated/α-hetero) is 1. The fourth-order valence-corrected chi connectivity index (χ4v) is 3.31. The van der Waals surface area contributed by atoms with Crippen molar-refractivity contribution in [2.75, 3.05) is 26.9 Å². The molecule has 0 spiro atoms. The predicted molar refractivity (Wildman–Crippen MR) is 112 cm³/mol. The normalized spacial score (nSPS) is 18.3. The quantitative estimate of drug-likeness (QED) is 0.408. The Labute approximate surface area is 175 Å². The van der Waals surface area contributed by atoms with Gasteiger partial charge in [-0.3, -0.25) is 14.6 Å². The van der Waals surface area contributed by atoms with Gasteiger partial charge in [-0.2, -0.15) is 0 Å². The summed E-state index contributed by atoms with van der Waals surface area (Å²) < 4.78 is 10.8. The topological polar surface area (TPSA) is 89.0 Å². The lowest BCUT2D eigenvalue weighted by atomic mass is 9.96. The van der Waals surface area contributed by atoms with Crippen molar-refractivity contribution >= 4 is 17.4 Å². The molecule has 30 heavy (non-hydrogen) atoms. The van der Waals surface area contributed by atoms with E-state index in [1.54, 1.807) is 48.8 Å². The minimum Gasteiger partial charge on any atom is -0.507 e. The first kappa shape index (κ1) is 21.5. The number of methoxy groups -OCH3 is 1. The molecule has 1 N–H and O–H groups in total. The van der Waals surface area contributed by atoms with Gasteiger partial charge in [0, 0.05) is 31.6 Å². The van der Waals surface area contributed by atoms with E-state index in [1.165, 1.54) is 12.0 Å². The Hall–Kier alpha value is -3.19. The third-order valence-electron chi connectivity index (χ3n) is 4.79. The Kier molecular flexibility index (Phi) is 6.84. The third kappa shape index (κ3) is 4.52. The van der Waals surface area contributed by atoms with Gasteiger partial charge in [0.05, 0.1) is 24.8 Å². The third-order valence-corrected chi connectivity index (χ3v) is 4.79. The molecule has 2 aromatic rings. The van der Waals surface area contributed by atoms with Gasteiger partial charge >= 0.3 is 0 Å². The molecule has 1 amide bonds. The second kappa shape index (κ2) is 9.54. The van der Waals surface area contributed by atoms with Crippen molar-refractivity contribution in [3.63, 3.8) is 0 Å². The molecular weight excluding hydrogens is 384 g/mol. The molecule has 2 heterocycles. The Morgan fingerprint density at radius 2 is 1.93 bits per heavy atom. The highest BCUT2D eigenvalue weighted by Gasteiger charge is 2.45. The molecule has 0 radical (unpaired) electrons. The minimum atomic E-state index is -0.731. The minimum absolute atomic E-state index is 0.0416. The zero-order valence-electron chi connectivity index (χ0n) is 17.4. The number of rotatable bonds is 8. The molecule has 7 heteroatoms. The van der Waals surface area contributed by atoms with E-state index in [2.05, 4.69) is 18.8 Å². The molecule has 1 saturated heterocycles. The monoisotopic (exact) mass is 410 g/mol. The number of aliphatic hydroxyl groups is 1. The van der Waals surface area contributed by atoms with Gasteiger partial charge in [0.1, 0.15) is 11.5 Å². The van der Waals surface area contributed by atoms with E-state index in [1.807, 2.05) is 0 Å². The van der Waals surface area contributed by atoms with Crippen LogP contribution in [-0.4, -0.2) is 53.5 Å². The van der Waals surface area contributed by atoms with Crippen LogP contribution >= 0.6 is 0 Å². The molecule has 7 nitrogen and oxygen atoms in total. The first-order chi connectivity index (χ1) is 14.4. The Balaban J connectivity index is 2.00. The van der Waals surface area contributed by atoms with Crippen LogP contribution in [0, 0.1) is 5.92 Å². The van der Waals surface area contributed by atoms with Gasteiger partial charge in [0.2, 0.25) is 0 Å². The summed E-state index contributed by atoms with van der Waals surface area (Å²) >= 11 is 0.